The van der Waals surface area contributed by atoms with E-state index in [1.807, 2.05) is 0 Å². The van der Waals surface area contributed by atoms with E-state index in [2.05, 4.69) is 5.43 Å². The molecule has 0 spiro atoms. The lowest BCUT2D eigenvalue weighted by atomic mass is 10.1. The van der Waals surface area contributed by atoms with Gasteiger partial charge < -0.3 is 0 Å². The second kappa shape index (κ2) is 5.24. The number of hydrogen-bond acceptors (Lipinski definition) is 2. The van der Waals surface area contributed by atoms with Crippen LogP contribution in [0.15, 0.2) is 24.3 Å². The molecule has 0 radical (unpaired) electrons. The van der Waals surface area contributed by atoms with Crippen molar-refractivity contribution in [3.8, 4) is 0 Å². The summed E-state index contributed by atoms with van der Waals surface area (Å²) in [7, 11) is 0. The lowest BCUT2D eigenvalue weighted by Crippen LogP contribution is -2.42. The van der Waals surface area contributed by atoms with Crippen LogP contribution in [-0.2, 0) is 6.42 Å². The van der Waals surface area contributed by atoms with E-state index >= 15 is 0 Å². The Bertz CT molecular complexity index is 294. The predicted molar refractivity (Wildman–Crippen MR) is 52.3 cm³/mol. The summed E-state index contributed by atoms with van der Waals surface area (Å²) in [6.45, 7) is 0. The van der Waals surface area contributed by atoms with Crippen molar-refractivity contribution in [2.45, 2.75) is 18.9 Å². The molecule has 0 saturated heterocycles. The van der Waals surface area contributed by atoms with Gasteiger partial charge in [-0.2, -0.15) is 0 Å². The molecule has 1 aromatic rings. The summed E-state index contributed by atoms with van der Waals surface area (Å²) >= 11 is 5.71. The third kappa shape index (κ3) is 3.21. The first-order valence-corrected chi connectivity index (χ1v) is 4.50. The molecule has 5 heteroatoms. The third-order valence-corrected chi connectivity index (χ3v) is 2.10. The fourth-order valence-corrected chi connectivity index (χ4v) is 1.35. The van der Waals surface area contributed by atoms with Gasteiger partial charge in [-0.05, 0) is 24.1 Å². The van der Waals surface area contributed by atoms with Crippen molar-refractivity contribution in [2.24, 2.45) is 5.84 Å². The summed E-state index contributed by atoms with van der Waals surface area (Å²) in [5.74, 6) is 5.00. The lowest BCUT2D eigenvalue weighted by Gasteiger charge is -2.14. The molecule has 1 rings (SSSR count). The largest absolute Gasteiger partial charge is 0.271 e. The predicted octanol–water partition coefficient (Wildman–Crippen LogP) is 1.98. The zero-order chi connectivity index (χ0) is 10.6. The van der Waals surface area contributed by atoms with Crippen molar-refractivity contribution in [2.75, 3.05) is 0 Å². The fourth-order valence-electron chi connectivity index (χ4n) is 1.14. The Morgan fingerprint density at radius 2 is 2.14 bits per heavy atom. The highest BCUT2D eigenvalue weighted by atomic mass is 35.5. The molecular weight excluding hydrogens is 210 g/mol. The monoisotopic (exact) mass is 220 g/mol. The minimum absolute atomic E-state index is 0.161. The molecule has 0 aromatic heterocycles. The number of rotatable bonds is 4. The SMILES string of the molecule is NNC(Cc1cccc(Cl)c1)C(F)F. The molecule has 2 nitrogen and oxygen atoms in total. The third-order valence-electron chi connectivity index (χ3n) is 1.86. The van der Waals surface area contributed by atoms with Crippen molar-refractivity contribution < 1.29 is 8.78 Å². The van der Waals surface area contributed by atoms with Crippen molar-refractivity contribution in [1.82, 2.24) is 5.43 Å². The van der Waals surface area contributed by atoms with Crippen LogP contribution in [0.3, 0.4) is 0 Å². The molecule has 0 aliphatic heterocycles. The number of alkyl halides is 2. The maximum absolute atomic E-state index is 12.3. The molecule has 0 fully saturated rings. The smallest absolute Gasteiger partial charge is 0.255 e. The van der Waals surface area contributed by atoms with Gasteiger partial charge in [-0.25, -0.2) is 8.78 Å². The average Bonchev–Trinajstić information content (AvgIpc) is 2.14. The molecule has 0 aliphatic carbocycles. The van der Waals surface area contributed by atoms with Crippen LogP contribution in [0.1, 0.15) is 5.56 Å². The highest BCUT2D eigenvalue weighted by molar-refractivity contribution is 6.30. The van der Waals surface area contributed by atoms with E-state index in [1.54, 1.807) is 24.3 Å². The number of halogens is 3. The zero-order valence-corrected chi connectivity index (χ0v) is 8.14. The molecule has 0 heterocycles. The molecule has 0 bridgehead atoms. The van der Waals surface area contributed by atoms with Crippen LogP contribution in [0.5, 0.6) is 0 Å². The van der Waals surface area contributed by atoms with Crippen molar-refractivity contribution in [3.63, 3.8) is 0 Å². The molecule has 14 heavy (non-hydrogen) atoms. The quantitative estimate of drug-likeness (QED) is 0.602. The van der Waals surface area contributed by atoms with Gasteiger partial charge in [-0.15, -0.1) is 0 Å². The highest BCUT2D eigenvalue weighted by Gasteiger charge is 2.18. The normalized spacial score (nSPS) is 13.2. The first-order chi connectivity index (χ1) is 6.63. The van der Waals surface area contributed by atoms with E-state index in [-0.39, 0.29) is 6.42 Å². The van der Waals surface area contributed by atoms with E-state index < -0.39 is 12.5 Å². The Morgan fingerprint density at radius 3 is 2.64 bits per heavy atom. The maximum atomic E-state index is 12.3. The molecular formula is C9H11ClF2N2. The van der Waals surface area contributed by atoms with Crippen LogP contribution in [0, 0.1) is 0 Å². The van der Waals surface area contributed by atoms with Gasteiger partial charge in [0.05, 0.1) is 6.04 Å². The van der Waals surface area contributed by atoms with E-state index in [0.717, 1.165) is 5.56 Å². The number of hydrazine groups is 1. The van der Waals surface area contributed by atoms with Crippen molar-refractivity contribution in [1.29, 1.82) is 0 Å². The standard InChI is InChI=1S/C9H11ClF2N2/c10-7-3-1-2-6(4-7)5-8(14-13)9(11)12/h1-4,8-9,14H,5,13H2. The molecule has 1 atom stereocenters. The van der Waals surface area contributed by atoms with E-state index in [1.165, 1.54) is 0 Å². The van der Waals surface area contributed by atoms with Gasteiger partial charge in [-0.1, -0.05) is 23.7 Å². The molecule has 1 unspecified atom stereocenters. The fraction of sp³-hybridized carbons (Fsp3) is 0.333. The Morgan fingerprint density at radius 1 is 1.43 bits per heavy atom. The van der Waals surface area contributed by atoms with E-state index in [9.17, 15) is 8.78 Å². The summed E-state index contributed by atoms with van der Waals surface area (Å²) in [5, 5.41) is 0.535. The summed E-state index contributed by atoms with van der Waals surface area (Å²) in [5.41, 5.74) is 2.81. The van der Waals surface area contributed by atoms with Gasteiger partial charge in [0.15, 0.2) is 0 Å². The zero-order valence-electron chi connectivity index (χ0n) is 7.38. The number of hydrogen-bond donors (Lipinski definition) is 2. The van der Waals surface area contributed by atoms with Gasteiger partial charge in [-0.3, -0.25) is 11.3 Å². The topological polar surface area (TPSA) is 38.0 Å². The van der Waals surface area contributed by atoms with Gasteiger partial charge in [0.25, 0.3) is 6.43 Å². The van der Waals surface area contributed by atoms with Crippen LogP contribution in [0.4, 0.5) is 8.78 Å². The molecule has 0 aliphatic rings. The van der Waals surface area contributed by atoms with Gasteiger partial charge in [0.1, 0.15) is 0 Å². The number of benzene rings is 1. The van der Waals surface area contributed by atoms with Gasteiger partial charge in [0.2, 0.25) is 0 Å². The molecule has 0 saturated carbocycles. The minimum Gasteiger partial charge on any atom is -0.271 e. The number of nitrogens with one attached hydrogen (secondary N) is 1. The second-order valence-electron chi connectivity index (χ2n) is 2.94. The molecule has 3 N–H and O–H groups in total. The second-order valence-corrected chi connectivity index (χ2v) is 3.38. The Kier molecular flexibility index (Phi) is 4.25. The maximum Gasteiger partial charge on any atom is 0.255 e. The average molecular weight is 221 g/mol. The first-order valence-electron chi connectivity index (χ1n) is 4.12. The Hall–Kier alpha value is -0.710. The lowest BCUT2D eigenvalue weighted by molar-refractivity contribution is 0.0984. The van der Waals surface area contributed by atoms with Gasteiger partial charge in [0, 0.05) is 5.02 Å². The van der Waals surface area contributed by atoms with Crippen molar-refractivity contribution in [3.05, 3.63) is 34.9 Å². The van der Waals surface area contributed by atoms with Crippen LogP contribution in [0.25, 0.3) is 0 Å². The molecule has 78 valence electrons. The van der Waals surface area contributed by atoms with E-state index in [4.69, 9.17) is 17.4 Å². The van der Waals surface area contributed by atoms with Crippen LogP contribution in [-0.4, -0.2) is 12.5 Å². The van der Waals surface area contributed by atoms with Crippen LogP contribution < -0.4 is 11.3 Å². The summed E-state index contributed by atoms with van der Waals surface area (Å²) in [4.78, 5) is 0. The molecule has 1 aromatic carbocycles. The van der Waals surface area contributed by atoms with Crippen LogP contribution in [0.2, 0.25) is 5.02 Å². The first kappa shape index (κ1) is 11.4. The minimum atomic E-state index is -2.49. The highest BCUT2D eigenvalue weighted by Crippen LogP contribution is 2.14. The summed E-state index contributed by atoms with van der Waals surface area (Å²) in [6, 6.07) is 5.76. The number of nitrogens with two attached hydrogens (primary N) is 1. The van der Waals surface area contributed by atoms with Gasteiger partial charge >= 0.3 is 0 Å². The van der Waals surface area contributed by atoms with Crippen molar-refractivity contribution >= 4 is 11.6 Å². The van der Waals surface area contributed by atoms with E-state index in [0.29, 0.717) is 5.02 Å². The van der Waals surface area contributed by atoms with Crippen LogP contribution >= 0.6 is 11.6 Å². The Labute approximate surface area is 86.0 Å². The summed E-state index contributed by atoms with van der Waals surface area (Å²) in [6.07, 6.45) is -2.33. The molecule has 0 amide bonds. The summed E-state index contributed by atoms with van der Waals surface area (Å²) < 4.78 is 24.6. The Balaban J connectivity index is 2.67.